The Kier molecular flexibility index (Phi) is 4.80. The molecule has 2 N–H and O–H groups in total. The average molecular weight is 279 g/mol. The number of nitrogens with two attached hydrogens (primary N) is 1. The Morgan fingerprint density at radius 1 is 1.17 bits per heavy atom. The van der Waals surface area contributed by atoms with Crippen LogP contribution in [0.15, 0.2) is 49.6 Å². The smallest absolute Gasteiger partial charge is 0.114 e. The second kappa shape index (κ2) is 6.36. The van der Waals surface area contributed by atoms with Crippen LogP contribution in [0, 0.1) is 6.92 Å². The molecule has 0 saturated carbocycles. The van der Waals surface area contributed by atoms with Crippen LogP contribution in [0.5, 0.6) is 0 Å². The molecule has 0 unspecified atom stereocenters. The Morgan fingerprint density at radius 3 is 2.56 bits per heavy atom. The normalized spacial score (nSPS) is 10.8. The van der Waals surface area contributed by atoms with Crippen molar-refractivity contribution in [3.63, 3.8) is 0 Å². The van der Waals surface area contributed by atoms with Gasteiger partial charge in [0, 0.05) is 16.3 Å². The molecule has 0 fully saturated rings. The molecule has 2 rings (SSSR count). The van der Waals surface area contributed by atoms with Crippen molar-refractivity contribution in [1.29, 1.82) is 0 Å². The van der Waals surface area contributed by atoms with Gasteiger partial charge in [-0.3, -0.25) is 0 Å². The SMILES string of the molecule is CCSc1cccc(Sc2ccoc2C)c1CN. The summed E-state index contributed by atoms with van der Waals surface area (Å²) in [7, 11) is 0. The van der Waals surface area contributed by atoms with E-state index < -0.39 is 0 Å². The molecule has 2 nitrogen and oxygen atoms in total. The maximum Gasteiger partial charge on any atom is 0.114 e. The third-order valence-electron chi connectivity index (χ3n) is 2.63. The number of rotatable bonds is 5. The van der Waals surface area contributed by atoms with Gasteiger partial charge in [0.2, 0.25) is 0 Å². The minimum absolute atomic E-state index is 0.572. The van der Waals surface area contributed by atoms with Crippen LogP contribution < -0.4 is 5.73 Å². The molecule has 0 saturated heterocycles. The van der Waals surface area contributed by atoms with Crippen LogP contribution in [0.4, 0.5) is 0 Å². The standard InChI is InChI=1S/C14H17NOS2/c1-3-17-13-5-4-6-14(11(13)9-15)18-12-7-8-16-10(12)2/h4-8H,3,9,15H2,1-2H3. The van der Waals surface area contributed by atoms with Gasteiger partial charge in [-0.05, 0) is 36.4 Å². The van der Waals surface area contributed by atoms with E-state index >= 15 is 0 Å². The molecule has 0 atom stereocenters. The zero-order valence-corrected chi connectivity index (χ0v) is 12.2. The van der Waals surface area contributed by atoms with E-state index in [1.165, 1.54) is 15.4 Å². The second-order valence-corrected chi connectivity index (χ2v) is 6.20. The fraction of sp³-hybridized carbons (Fsp3) is 0.286. The summed E-state index contributed by atoms with van der Waals surface area (Å²) in [5, 5.41) is 0. The number of furan rings is 1. The summed E-state index contributed by atoms with van der Waals surface area (Å²) in [6.45, 7) is 4.71. The quantitative estimate of drug-likeness (QED) is 0.828. The van der Waals surface area contributed by atoms with Crippen LogP contribution in [0.2, 0.25) is 0 Å². The summed E-state index contributed by atoms with van der Waals surface area (Å²) in [5.74, 6) is 2.02. The van der Waals surface area contributed by atoms with Gasteiger partial charge in [-0.15, -0.1) is 11.8 Å². The molecule has 0 amide bonds. The first kappa shape index (κ1) is 13.6. The Labute approximate surface area is 116 Å². The highest BCUT2D eigenvalue weighted by Crippen LogP contribution is 2.36. The molecule has 0 aliphatic rings. The Morgan fingerprint density at radius 2 is 1.94 bits per heavy atom. The highest BCUT2D eigenvalue weighted by Gasteiger charge is 2.10. The molecule has 4 heteroatoms. The first-order valence-electron chi connectivity index (χ1n) is 5.93. The van der Waals surface area contributed by atoms with Gasteiger partial charge in [-0.1, -0.05) is 24.8 Å². The monoisotopic (exact) mass is 279 g/mol. The van der Waals surface area contributed by atoms with Crippen LogP contribution in [0.25, 0.3) is 0 Å². The van der Waals surface area contributed by atoms with Crippen LogP contribution in [-0.4, -0.2) is 5.75 Å². The molecule has 0 bridgehead atoms. The fourth-order valence-electron chi connectivity index (χ4n) is 1.73. The summed E-state index contributed by atoms with van der Waals surface area (Å²) in [6, 6.07) is 8.36. The first-order chi connectivity index (χ1) is 8.76. The van der Waals surface area contributed by atoms with E-state index in [4.69, 9.17) is 10.2 Å². The molecule has 0 spiro atoms. The summed E-state index contributed by atoms with van der Waals surface area (Å²) >= 11 is 3.57. The number of benzene rings is 1. The van der Waals surface area contributed by atoms with Crippen molar-refractivity contribution in [2.75, 3.05) is 5.75 Å². The van der Waals surface area contributed by atoms with Crippen molar-refractivity contribution in [3.05, 3.63) is 41.9 Å². The lowest BCUT2D eigenvalue weighted by atomic mass is 10.2. The predicted molar refractivity (Wildman–Crippen MR) is 78.3 cm³/mol. The molecule has 0 aliphatic heterocycles. The summed E-state index contributed by atoms with van der Waals surface area (Å²) < 4.78 is 5.33. The van der Waals surface area contributed by atoms with Gasteiger partial charge >= 0.3 is 0 Å². The van der Waals surface area contributed by atoms with Crippen LogP contribution >= 0.6 is 23.5 Å². The van der Waals surface area contributed by atoms with Gasteiger partial charge in [-0.25, -0.2) is 0 Å². The number of aryl methyl sites for hydroxylation is 1. The molecule has 2 aromatic rings. The van der Waals surface area contributed by atoms with Crippen LogP contribution in [0.3, 0.4) is 0 Å². The van der Waals surface area contributed by atoms with Crippen LogP contribution in [0.1, 0.15) is 18.2 Å². The average Bonchev–Trinajstić information content (AvgIpc) is 2.76. The van der Waals surface area contributed by atoms with Gasteiger partial charge in [0.05, 0.1) is 11.2 Å². The minimum Gasteiger partial charge on any atom is -0.468 e. The molecule has 1 aromatic carbocycles. The maximum absolute atomic E-state index is 5.90. The Balaban J connectivity index is 2.32. The summed E-state index contributed by atoms with van der Waals surface area (Å²) in [5.41, 5.74) is 7.13. The van der Waals surface area contributed by atoms with E-state index in [0.717, 1.165) is 16.4 Å². The maximum atomic E-state index is 5.90. The predicted octanol–water partition coefficient (Wildman–Crippen LogP) is 4.31. The van der Waals surface area contributed by atoms with E-state index in [0.29, 0.717) is 6.54 Å². The highest BCUT2D eigenvalue weighted by molar-refractivity contribution is 8.00. The van der Waals surface area contributed by atoms with Crippen molar-refractivity contribution >= 4 is 23.5 Å². The second-order valence-electron chi connectivity index (χ2n) is 3.81. The molecule has 1 heterocycles. The van der Waals surface area contributed by atoms with Gasteiger partial charge in [-0.2, -0.15) is 0 Å². The van der Waals surface area contributed by atoms with Crippen molar-refractivity contribution in [2.45, 2.75) is 35.1 Å². The fourth-order valence-corrected chi connectivity index (χ4v) is 3.66. The minimum atomic E-state index is 0.572. The molecular formula is C14H17NOS2. The van der Waals surface area contributed by atoms with Gasteiger partial charge in [0.15, 0.2) is 0 Å². The number of hydrogen-bond acceptors (Lipinski definition) is 4. The van der Waals surface area contributed by atoms with E-state index in [1.54, 1.807) is 18.0 Å². The highest BCUT2D eigenvalue weighted by atomic mass is 32.2. The molecule has 0 aliphatic carbocycles. The van der Waals surface area contributed by atoms with E-state index in [-0.39, 0.29) is 0 Å². The van der Waals surface area contributed by atoms with Crippen LogP contribution in [-0.2, 0) is 6.54 Å². The Bertz CT molecular complexity index is 522. The van der Waals surface area contributed by atoms with Gasteiger partial charge in [0.1, 0.15) is 5.76 Å². The lowest BCUT2D eigenvalue weighted by molar-refractivity contribution is 0.527. The van der Waals surface area contributed by atoms with Crippen molar-refractivity contribution < 1.29 is 4.42 Å². The third-order valence-corrected chi connectivity index (χ3v) is 4.85. The zero-order chi connectivity index (χ0) is 13.0. The largest absolute Gasteiger partial charge is 0.468 e. The molecule has 0 radical (unpaired) electrons. The molecule has 96 valence electrons. The van der Waals surface area contributed by atoms with Crippen molar-refractivity contribution in [2.24, 2.45) is 5.73 Å². The molecule has 1 aromatic heterocycles. The lowest BCUT2D eigenvalue weighted by Crippen LogP contribution is -2.00. The van der Waals surface area contributed by atoms with Gasteiger partial charge in [0.25, 0.3) is 0 Å². The topological polar surface area (TPSA) is 39.2 Å². The number of hydrogen-bond donors (Lipinski definition) is 1. The van der Waals surface area contributed by atoms with Crippen molar-refractivity contribution in [1.82, 2.24) is 0 Å². The van der Waals surface area contributed by atoms with Crippen molar-refractivity contribution in [3.8, 4) is 0 Å². The summed E-state index contributed by atoms with van der Waals surface area (Å²) in [6.07, 6.45) is 1.73. The van der Waals surface area contributed by atoms with E-state index in [1.807, 2.05) is 24.8 Å². The summed E-state index contributed by atoms with van der Waals surface area (Å²) in [4.78, 5) is 3.66. The van der Waals surface area contributed by atoms with Gasteiger partial charge < -0.3 is 10.2 Å². The van der Waals surface area contributed by atoms with E-state index in [2.05, 4.69) is 25.1 Å². The zero-order valence-electron chi connectivity index (χ0n) is 10.6. The number of thioether (sulfide) groups is 1. The Hall–Kier alpha value is -0.840. The van der Waals surface area contributed by atoms with E-state index in [9.17, 15) is 0 Å². The lowest BCUT2D eigenvalue weighted by Gasteiger charge is -2.11. The molecule has 18 heavy (non-hydrogen) atoms. The third kappa shape index (κ3) is 2.94. The first-order valence-corrected chi connectivity index (χ1v) is 7.73. The molecular weight excluding hydrogens is 262 g/mol.